The van der Waals surface area contributed by atoms with Gasteiger partial charge in [-0.05, 0) is 49.4 Å². The second kappa shape index (κ2) is 9.34. The molecule has 0 aliphatic heterocycles. The van der Waals surface area contributed by atoms with Gasteiger partial charge in [-0.15, -0.1) is 0 Å². The number of amides is 1. The molecule has 0 radical (unpaired) electrons. The molecular formula is C21H21ClN2O5S. The van der Waals surface area contributed by atoms with Gasteiger partial charge in [-0.1, -0.05) is 29.3 Å². The molecule has 1 amide bonds. The fraction of sp³-hybridized carbons (Fsp3) is 0.190. The Morgan fingerprint density at radius 1 is 1.17 bits per heavy atom. The maximum Gasteiger partial charge on any atom is 0.243 e. The van der Waals surface area contributed by atoms with Gasteiger partial charge in [0.15, 0.2) is 0 Å². The lowest BCUT2D eigenvalue weighted by Crippen LogP contribution is -2.37. The van der Waals surface area contributed by atoms with Gasteiger partial charge in [0, 0.05) is 5.02 Å². The van der Waals surface area contributed by atoms with Crippen LogP contribution in [0.5, 0.6) is 5.75 Å². The molecule has 0 saturated heterocycles. The molecule has 7 nitrogen and oxygen atoms in total. The van der Waals surface area contributed by atoms with Crippen LogP contribution in [0.25, 0.3) is 0 Å². The molecule has 0 spiro atoms. The normalized spacial score (nSPS) is 11.5. The zero-order chi connectivity index (χ0) is 21.7. The number of furan rings is 1. The topological polar surface area (TPSA) is 88.8 Å². The predicted molar refractivity (Wildman–Crippen MR) is 114 cm³/mol. The summed E-state index contributed by atoms with van der Waals surface area (Å²) in [7, 11) is -2.49. The van der Waals surface area contributed by atoms with Crippen LogP contribution in [0.1, 0.15) is 11.3 Å². The number of rotatable bonds is 8. The van der Waals surface area contributed by atoms with Gasteiger partial charge in [0.25, 0.3) is 0 Å². The smallest absolute Gasteiger partial charge is 0.243 e. The number of aryl methyl sites for hydroxylation is 1. The van der Waals surface area contributed by atoms with Crippen molar-refractivity contribution in [3.63, 3.8) is 0 Å². The highest BCUT2D eigenvalue weighted by molar-refractivity contribution is 7.89. The Kier molecular flexibility index (Phi) is 6.81. The quantitative estimate of drug-likeness (QED) is 0.561. The lowest BCUT2D eigenvalue weighted by molar-refractivity contribution is -0.116. The van der Waals surface area contributed by atoms with Gasteiger partial charge in [-0.25, -0.2) is 8.42 Å². The molecular weight excluding hydrogens is 428 g/mol. The number of methoxy groups -OCH3 is 1. The van der Waals surface area contributed by atoms with Crippen molar-refractivity contribution in [3.05, 3.63) is 77.2 Å². The highest BCUT2D eigenvalue weighted by Crippen LogP contribution is 2.28. The van der Waals surface area contributed by atoms with Crippen molar-refractivity contribution in [2.45, 2.75) is 18.4 Å². The summed E-state index contributed by atoms with van der Waals surface area (Å²) >= 11 is 6.00. The molecule has 1 aromatic heterocycles. The van der Waals surface area contributed by atoms with E-state index in [1.54, 1.807) is 36.4 Å². The van der Waals surface area contributed by atoms with E-state index in [2.05, 4.69) is 5.32 Å². The zero-order valence-corrected chi connectivity index (χ0v) is 18.0. The van der Waals surface area contributed by atoms with Crippen LogP contribution in [-0.4, -0.2) is 32.3 Å². The van der Waals surface area contributed by atoms with Crippen molar-refractivity contribution in [1.82, 2.24) is 4.31 Å². The van der Waals surface area contributed by atoms with Crippen LogP contribution in [0.3, 0.4) is 0 Å². The molecule has 0 saturated carbocycles. The number of carbonyl (C=O) groups is 1. The van der Waals surface area contributed by atoms with Crippen LogP contribution in [0.15, 0.2) is 70.2 Å². The lowest BCUT2D eigenvalue weighted by atomic mass is 10.2. The molecule has 30 heavy (non-hydrogen) atoms. The van der Waals surface area contributed by atoms with Crippen LogP contribution in [0.2, 0.25) is 5.02 Å². The number of hydrogen-bond donors (Lipinski definition) is 1. The number of sulfonamides is 1. The Hall–Kier alpha value is -2.81. The molecule has 0 bridgehead atoms. The van der Waals surface area contributed by atoms with E-state index in [-0.39, 0.29) is 11.4 Å². The maximum atomic E-state index is 13.2. The fourth-order valence-electron chi connectivity index (χ4n) is 2.79. The number of anilines is 1. The van der Waals surface area contributed by atoms with Gasteiger partial charge in [0.1, 0.15) is 11.5 Å². The average Bonchev–Trinajstić information content (AvgIpc) is 3.21. The van der Waals surface area contributed by atoms with E-state index in [1.807, 2.05) is 6.92 Å². The van der Waals surface area contributed by atoms with Crippen LogP contribution in [0, 0.1) is 6.92 Å². The molecule has 0 aliphatic rings. The molecule has 0 aliphatic carbocycles. The van der Waals surface area contributed by atoms with Crippen molar-refractivity contribution in [2.75, 3.05) is 19.0 Å². The Morgan fingerprint density at radius 2 is 1.90 bits per heavy atom. The van der Waals surface area contributed by atoms with Crippen molar-refractivity contribution in [2.24, 2.45) is 0 Å². The third-order valence-corrected chi connectivity index (χ3v) is 6.37. The molecule has 1 heterocycles. The number of benzene rings is 2. The van der Waals surface area contributed by atoms with E-state index in [0.717, 1.165) is 9.87 Å². The standard InChI is InChI=1S/C21H21ClN2O5S/c1-15-5-8-18(9-6-15)30(26,27)24(13-17-4-3-11-29-17)14-21(25)23-19-12-16(22)7-10-20(19)28-2/h3-12H,13-14H2,1-2H3,(H,23,25). The maximum absolute atomic E-state index is 13.2. The van der Waals surface area contributed by atoms with Crippen LogP contribution in [0.4, 0.5) is 5.69 Å². The molecule has 1 N–H and O–H groups in total. The van der Waals surface area contributed by atoms with Gasteiger partial charge in [0.05, 0.1) is 37.0 Å². The van der Waals surface area contributed by atoms with Crippen LogP contribution >= 0.6 is 11.6 Å². The number of halogens is 1. The van der Waals surface area contributed by atoms with E-state index in [4.69, 9.17) is 20.8 Å². The minimum absolute atomic E-state index is 0.0905. The Labute approximate surface area is 180 Å². The highest BCUT2D eigenvalue weighted by atomic mass is 35.5. The largest absolute Gasteiger partial charge is 0.495 e. The first-order chi connectivity index (χ1) is 14.3. The zero-order valence-electron chi connectivity index (χ0n) is 16.5. The van der Waals surface area contributed by atoms with Crippen molar-refractivity contribution >= 4 is 33.2 Å². The summed E-state index contributed by atoms with van der Waals surface area (Å²) < 4.78 is 38.0. The Bertz CT molecular complexity index is 1110. The van der Waals surface area contributed by atoms with Gasteiger partial charge in [0.2, 0.25) is 15.9 Å². The third kappa shape index (κ3) is 5.21. The third-order valence-electron chi connectivity index (χ3n) is 4.33. The summed E-state index contributed by atoms with van der Waals surface area (Å²) in [5.41, 5.74) is 1.28. The molecule has 3 aromatic rings. The van der Waals surface area contributed by atoms with Gasteiger partial charge in [-0.3, -0.25) is 4.79 Å². The second-order valence-corrected chi connectivity index (χ2v) is 8.93. The Balaban J connectivity index is 1.86. The van der Waals surface area contributed by atoms with E-state index in [9.17, 15) is 13.2 Å². The lowest BCUT2D eigenvalue weighted by Gasteiger charge is -2.21. The summed E-state index contributed by atoms with van der Waals surface area (Å²) in [6.45, 7) is 1.35. The van der Waals surface area contributed by atoms with Crippen LogP contribution in [-0.2, 0) is 21.4 Å². The SMILES string of the molecule is COc1ccc(Cl)cc1NC(=O)CN(Cc1ccco1)S(=O)(=O)c1ccc(C)cc1. The minimum Gasteiger partial charge on any atom is -0.495 e. The highest BCUT2D eigenvalue weighted by Gasteiger charge is 2.28. The number of ether oxygens (including phenoxy) is 1. The van der Waals surface area contributed by atoms with Crippen molar-refractivity contribution < 1.29 is 22.4 Å². The number of hydrogen-bond acceptors (Lipinski definition) is 5. The van der Waals surface area contributed by atoms with Gasteiger partial charge in [-0.2, -0.15) is 4.31 Å². The second-order valence-electron chi connectivity index (χ2n) is 6.56. The average molecular weight is 449 g/mol. The molecule has 0 atom stereocenters. The molecule has 2 aromatic carbocycles. The molecule has 158 valence electrons. The Morgan fingerprint density at radius 3 is 2.53 bits per heavy atom. The number of nitrogens with one attached hydrogen (secondary N) is 1. The van der Waals surface area contributed by atoms with Crippen molar-refractivity contribution in [1.29, 1.82) is 0 Å². The van der Waals surface area contributed by atoms with E-state index in [0.29, 0.717) is 22.2 Å². The molecule has 0 unspecified atom stereocenters. The van der Waals surface area contributed by atoms with E-state index in [1.165, 1.54) is 31.6 Å². The summed E-state index contributed by atoms with van der Waals surface area (Å²) in [4.78, 5) is 12.8. The monoisotopic (exact) mass is 448 g/mol. The van der Waals surface area contributed by atoms with Crippen LogP contribution < -0.4 is 10.1 Å². The predicted octanol–water partition coefficient (Wildman–Crippen LogP) is 4.08. The fourth-order valence-corrected chi connectivity index (χ4v) is 4.32. The van der Waals surface area contributed by atoms with Crippen molar-refractivity contribution in [3.8, 4) is 5.75 Å². The molecule has 9 heteroatoms. The first-order valence-corrected chi connectivity index (χ1v) is 10.8. The summed E-state index contributed by atoms with van der Waals surface area (Å²) in [6.07, 6.45) is 1.45. The van der Waals surface area contributed by atoms with E-state index < -0.39 is 22.5 Å². The summed E-state index contributed by atoms with van der Waals surface area (Å²) in [5.74, 6) is 0.281. The van der Waals surface area contributed by atoms with Gasteiger partial charge < -0.3 is 14.5 Å². The summed E-state index contributed by atoms with van der Waals surface area (Å²) in [5, 5.41) is 3.07. The van der Waals surface area contributed by atoms with E-state index >= 15 is 0 Å². The first-order valence-electron chi connectivity index (χ1n) is 9.02. The van der Waals surface area contributed by atoms with Gasteiger partial charge >= 0.3 is 0 Å². The minimum atomic E-state index is -3.95. The first kappa shape index (κ1) is 21.9. The molecule has 3 rings (SSSR count). The molecule has 0 fully saturated rings. The number of carbonyl (C=O) groups excluding carboxylic acids is 1. The summed E-state index contributed by atoms with van der Waals surface area (Å²) in [6, 6.07) is 14.5. The number of nitrogens with zero attached hydrogens (tertiary/aromatic N) is 1.